The Bertz CT molecular complexity index is 613. The molecular weight excluding hydrogens is 327 g/mol. The Morgan fingerprint density at radius 3 is 2.44 bits per heavy atom. The molecule has 2 amide bonds. The number of hydrogen-bond donors (Lipinski definition) is 1. The van der Waals surface area contributed by atoms with Gasteiger partial charge >= 0.3 is 5.97 Å². The average Bonchev–Trinajstić information content (AvgIpc) is 2.57. The van der Waals surface area contributed by atoms with E-state index < -0.39 is 17.7 Å². The lowest BCUT2D eigenvalue weighted by molar-refractivity contribution is -0.151. The molecule has 1 fully saturated rings. The molecule has 0 bridgehead atoms. The van der Waals surface area contributed by atoms with Crippen LogP contribution in [0.4, 0.5) is 4.39 Å². The normalized spacial score (nSPS) is 15.0. The molecule has 1 aromatic carbocycles. The van der Waals surface area contributed by atoms with E-state index in [0.29, 0.717) is 13.1 Å². The van der Waals surface area contributed by atoms with Crippen LogP contribution in [-0.2, 0) is 14.3 Å². The number of amides is 2. The van der Waals surface area contributed by atoms with E-state index in [1.54, 1.807) is 4.90 Å². The molecule has 0 unspecified atom stereocenters. The van der Waals surface area contributed by atoms with Crippen LogP contribution in [0.3, 0.4) is 0 Å². The number of nitrogens with zero attached hydrogens (tertiary/aromatic N) is 1. The van der Waals surface area contributed by atoms with Crippen LogP contribution in [-0.4, -0.2) is 48.9 Å². The van der Waals surface area contributed by atoms with E-state index in [1.807, 2.05) is 0 Å². The molecule has 0 spiro atoms. The third-order valence-electron chi connectivity index (χ3n) is 4.05. The van der Waals surface area contributed by atoms with Gasteiger partial charge in [-0.05, 0) is 31.0 Å². The third kappa shape index (κ3) is 6.52. The first-order valence-electron chi connectivity index (χ1n) is 8.53. The molecule has 1 aliphatic rings. The number of likely N-dealkylation sites (tertiary alicyclic amines) is 1. The van der Waals surface area contributed by atoms with Crippen molar-refractivity contribution < 1.29 is 23.5 Å². The molecule has 1 heterocycles. The number of halogens is 1. The zero-order valence-electron chi connectivity index (χ0n) is 14.1. The maximum Gasteiger partial charge on any atom is 0.325 e. The summed E-state index contributed by atoms with van der Waals surface area (Å²) in [5.41, 5.74) is 0.115. The molecule has 1 saturated heterocycles. The van der Waals surface area contributed by atoms with Gasteiger partial charge in [-0.3, -0.25) is 14.4 Å². The number of ether oxygens (including phenoxy) is 1. The Hall–Kier alpha value is -2.44. The predicted molar refractivity (Wildman–Crippen MR) is 89.4 cm³/mol. The van der Waals surface area contributed by atoms with E-state index in [9.17, 15) is 18.8 Å². The number of carbonyl (C=O) groups is 3. The van der Waals surface area contributed by atoms with Crippen molar-refractivity contribution in [2.24, 2.45) is 0 Å². The quantitative estimate of drug-likeness (QED) is 0.823. The van der Waals surface area contributed by atoms with Crippen LogP contribution in [0.5, 0.6) is 0 Å². The molecule has 0 aliphatic carbocycles. The zero-order chi connectivity index (χ0) is 18.1. The van der Waals surface area contributed by atoms with Gasteiger partial charge in [0.1, 0.15) is 12.4 Å². The van der Waals surface area contributed by atoms with Crippen molar-refractivity contribution in [2.75, 3.05) is 26.2 Å². The molecule has 0 saturated carbocycles. The van der Waals surface area contributed by atoms with Crippen LogP contribution in [0.15, 0.2) is 24.3 Å². The Balaban J connectivity index is 1.71. The molecule has 2 rings (SSSR count). The fraction of sp³-hybridized carbons (Fsp3) is 0.500. The summed E-state index contributed by atoms with van der Waals surface area (Å²) in [6, 6.07) is 5.15. The largest absolute Gasteiger partial charge is 0.454 e. The SMILES string of the molecule is O=C(CNC(=O)c1cccc(F)c1)OCC(=O)N1CCCCCCC1. The van der Waals surface area contributed by atoms with Crippen LogP contribution in [0.1, 0.15) is 42.5 Å². The summed E-state index contributed by atoms with van der Waals surface area (Å²) >= 11 is 0. The minimum absolute atomic E-state index is 0.115. The summed E-state index contributed by atoms with van der Waals surface area (Å²) in [5, 5.41) is 2.34. The van der Waals surface area contributed by atoms with Crippen molar-refractivity contribution in [3.05, 3.63) is 35.6 Å². The monoisotopic (exact) mass is 350 g/mol. The Labute approximate surface area is 146 Å². The van der Waals surface area contributed by atoms with Crippen molar-refractivity contribution in [1.82, 2.24) is 10.2 Å². The summed E-state index contributed by atoms with van der Waals surface area (Å²) in [6.45, 7) is 0.677. The number of carbonyl (C=O) groups excluding carboxylic acids is 3. The summed E-state index contributed by atoms with van der Waals surface area (Å²) in [6.07, 6.45) is 5.33. The first-order valence-corrected chi connectivity index (χ1v) is 8.53. The van der Waals surface area contributed by atoms with Gasteiger partial charge < -0.3 is 15.0 Å². The third-order valence-corrected chi connectivity index (χ3v) is 4.05. The summed E-state index contributed by atoms with van der Waals surface area (Å²) in [7, 11) is 0. The molecule has 1 N–H and O–H groups in total. The van der Waals surface area contributed by atoms with Gasteiger partial charge in [0, 0.05) is 18.7 Å². The van der Waals surface area contributed by atoms with Crippen LogP contribution >= 0.6 is 0 Å². The molecule has 136 valence electrons. The van der Waals surface area contributed by atoms with Gasteiger partial charge in [-0.25, -0.2) is 4.39 Å². The molecule has 0 aromatic heterocycles. The van der Waals surface area contributed by atoms with Gasteiger partial charge in [-0.2, -0.15) is 0 Å². The average molecular weight is 350 g/mol. The van der Waals surface area contributed by atoms with E-state index in [0.717, 1.165) is 31.7 Å². The van der Waals surface area contributed by atoms with E-state index in [4.69, 9.17) is 4.74 Å². The van der Waals surface area contributed by atoms with Gasteiger partial charge in [0.05, 0.1) is 0 Å². The first-order chi connectivity index (χ1) is 12.1. The van der Waals surface area contributed by atoms with Crippen LogP contribution in [0.2, 0.25) is 0 Å². The van der Waals surface area contributed by atoms with Gasteiger partial charge in [-0.1, -0.05) is 25.3 Å². The number of hydrogen-bond acceptors (Lipinski definition) is 4. The van der Waals surface area contributed by atoms with Crippen LogP contribution < -0.4 is 5.32 Å². The number of benzene rings is 1. The van der Waals surface area contributed by atoms with Crippen molar-refractivity contribution in [3.8, 4) is 0 Å². The lowest BCUT2D eigenvalue weighted by Gasteiger charge is -2.24. The van der Waals surface area contributed by atoms with Crippen molar-refractivity contribution in [1.29, 1.82) is 0 Å². The van der Waals surface area contributed by atoms with Crippen molar-refractivity contribution in [3.63, 3.8) is 0 Å². The second-order valence-electron chi connectivity index (χ2n) is 6.00. The second-order valence-corrected chi connectivity index (χ2v) is 6.00. The molecule has 1 aromatic rings. The Kier molecular flexibility index (Phi) is 7.37. The maximum absolute atomic E-state index is 13.1. The lowest BCUT2D eigenvalue weighted by atomic mass is 10.1. The molecule has 1 aliphatic heterocycles. The highest BCUT2D eigenvalue weighted by Crippen LogP contribution is 2.10. The van der Waals surface area contributed by atoms with Gasteiger partial charge in [-0.15, -0.1) is 0 Å². The van der Waals surface area contributed by atoms with Crippen molar-refractivity contribution in [2.45, 2.75) is 32.1 Å². The van der Waals surface area contributed by atoms with Crippen LogP contribution in [0, 0.1) is 5.82 Å². The van der Waals surface area contributed by atoms with E-state index in [-0.39, 0.29) is 24.6 Å². The van der Waals surface area contributed by atoms with E-state index >= 15 is 0 Å². The minimum atomic E-state index is -0.704. The summed E-state index contributed by atoms with van der Waals surface area (Å²) < 4.78 is 18.0. The van der Waals surface area contributed by atoms with E-state index in [2.05, 4.69) is 5.32 Å². The predicted octanol–water partition coefficient (Wildman–Crippen LogP) is 1.89. The molecule has 7 heteroatoms. The Morgan fingerprint density at radius 2 is 1.76 bits per heavy atom. The second kappa shape index (κ2) is 9.76. The number of nitrogens with one attached hydrogen (secondary N) is 1. The molecule has 0 radical (unpaired) electrons. The standard InChI is InChI=1S/C18H23FN2O4/c19-15-8-6-7-14(11-15)18(24)20-12-17(23)25-13-16(22)21-9-4-2-1-3-5-10-21/h6-8,11H,1-5,9-10,12-13H2,(H,20,24). The maximum atomic E-state index is 13.1. The highest BCUT2D eigenvalue weighted by Gasteiger charge is 2.17. The molecule has 0 atom stereocenters. The lowest BCUT2D eigenvalue weighted by Crippen LogP contribution is -2.38. The summed E-state index contributed by atoms with van der Waals surface area (Å²) in [4.78, 5) is 37.3. The van der Waals surface area contributed by atoms with Gasteiger partial charge in [0.2, 0.25) is 0 Å². The molecule has 25 heavy (non-hydrogen) atoms. The fourth-order valence-corrected chi connectivity index (χ4v) is 2.67. The van der Waals surface area contributed by atoms with Crippen molar-refractivity contribution >= 4 is 17.8 Å². The topological polar surface area (TPSA) is 75.7 Å². The minimum Gasteiger partial charge on any atom is -0.454 e. The zero-order valence-corrected chi connectivity index (χ0v) is 14.1. The van der Waals surface area contributed by atoms with Gasteiger partial charge in [0.25, 0.3) is 11.8 Å². The van der Waals surface area contributed by atoms with Crippen LogP contribution in [0.25, 0.3) is 0 Å². The highest BCUT2D eigenvalue weighted by molar-refractivity contribution is 5.96. The molecule has 6 nitrogen and oxygen atoms in total. The van der Waals surface area contributed by atoms with E-state index in [1.165, 1.54) is 24.6 Å². The fourth-order valence-electron chi connectivity index (χ4n) is 2.67. The number of rotatable bonds is 5. The van der Waals surface area contributed by atoms with Gasteiger partial charge in [0.15, 0.2) is 6.61 Å². The molecular formula is C18H23FN2O4. The highest BCUT2D eigenvalue weighted by atomic mass is 19.1. The smallest absolute Gasteiger partial charge is 0.325 e. The summed E-state index contributed by atoms with van der Waals surface area (Å²) in [5.74, 6) is -2.03. The number of esters is 1. The first kappa shape index (κ1) is 18.9. The Morgan fingerprint density at radius 1 is 1.08 bits per heavy atom.